The quantitative estimate of drug-likeness (QED) is 0.142. The number of epoxide rings is 2. The van der Waals surface area contributed by atoms with Crippen molar-refractivity contribution in [3.8, 4) is 11.8 Å². The molecule has 0 aliphatic carbocycles. The van der Waals surface area contributed by atoms with Crippen molar-refractivity contribution in [1.29, 1.82) is 0 Å². The Balaban J connectivity index is 1.64. The predicted octanol–water partition coefficient (Wildman–Crippen LogP) is 6.71. The molecule has 0 saturated carbocycles. The summed E-state index contributed by atoms with van der Waals surface area (Å²) in [6.45, 7) is 17.3. The molecule has 0 spiro atoms. The van der Waals surface area contributed by atoms with Gasteiger partial charge in [0.2, 0.25) is 0 Å². The summed E-state index contributed by atoms with van der Waals surface area (Å²) in [5, 5.41) is -0.639. The summed E-state index contributed by atoms with van der Waals surface area (Å²) in [5.74, 6) is 6.44. The van der Waals surface area contributed by atoms with E-state index in [0.29, 0.717) is 17.4 Å². The first-order chi connectivity index (χ1) is 16.1. The fourth-order valence-corrected chi connectivity index (χ4v) is 6.69. The van der Waals surface area contributed by atoms with Crippen LogP contribution in [0.5, 0.6) is 0 Å². The average Bonchev–Trinajstić information content (AvgIpc) is 3.60. The van der Waals surface area contributed by atoms with Crippen molar-refractivity contribution in [3.63, 3.8) is 0 Å². The first kappa shape index (κ1) is 28.2. The Labute approximate surface area is 214 Å². The molecule has 2 saturated heterocycles. The molecule has 35 heavy (non-hydrogen) atoms. The van der Waals surface area contributed by atoms with Gasteiger partial charge in [0.15, 0.2) is 9.84 Å². The molecule has 0 amide bonds. The Hall–Kier alpha value is -1.39. The van der Waals surface area contributed by atoms with Crippen LogP contribution in [0.15, 0.2) is 40.8 Å². The van der Waals surface area contributed by atoms with E-state index in [1.807, 2.05) is 32.1 Å². The third-order valence-electron chi connectivity index (χ3n) is 7.17. The van der Waals surface area contributed by atoms with E-state index in [4.69, 9.17) is 9.47 Å². The minimum Gasteiger partial charge on any atom is -0.367 e. The summed E-state index contributed by atoms with van der Waals surface area (Å²) in [5.41, 5.74) is 2.09. The molecular weight excluding hydrogens is 472 g/mol. The van der Waals surface area contributed by atoms with E-state index in [1.54, 1.807) is 12.1 Å². The molecule has 194 valence electrons. The van der Waals surface area contributed by atoms with Crippen LogP contribution in [0.2, 0.25) is 25.7 Å². The molecule has 1 aromatic carbocycles. The van der Waals surface area contributed by atoms with Gasteiger partial charge in [0.05, 0.1) is 41.6 Å². The van der Waals surface area contributed by atoms with Crippen molar-refractivity contribution >= 4 is 17.9 Å². The van der Waals surface area contributed by atoms with Crippen LogP contribution in [0.1, 0.15) is 65.4 Å². The lowest BCUT2D eigenvalue weighted by Gasteiger charge is -2.14. The topological polar surface area (TPSA) is 59.2 Å². The lowest BCUT2D eigenvalue weighted by Crippen LogP contribution is -2.20. The first-order valence-electron chi connectivity index (χ1n) is 12.9. The summed E-state index contributed by atoms with van der Waals surface area (Å²) in [4.78, 5) is 0.368. The van der Waals surface area contributed by atoms with E-state index in [0.717, 1.165) is 42.9 Å². The molecular formula is C29H44O4SSi. The number of benzene rings is 1. The molecule has 0 N–H and O–H groups in total. The van der Waals surface area contributed by atoms with Gasteiger partial charge < -0.3 is 9.47 Å². The number of rotatable bonds is 11. The highest BCUT2D eigenvalue weighted by Crippen LogP contribution is 2.47. The van der Waals surface area contributed by atoms with Gasteiger partial charge in [-0.05, 0) is 72.4 Å². The minimum absolute atomic E-state index is 0.0238. The number of ether oxygens (including phenoxy) is 2. The molecule has 0 aromatic heterocycles. The van der Waals surface area contributed by atoms with Crippen molar-refractivity contribution in [2.45, 2.75) is 126 Å². The summed E-state index contributed by atoms with van der Waals surface area (Å²) >= 11 is 0. The summed E-state index contributed by atoms with van der Waals surface area (Å²) < 4.78 is 38.7. The average molecular weight is 517 g/mol. The SMILES string of the molecule is C/C(=C\C(CC#CC[Si](C)(C)C)S(=O)(=O)c1ccc(C)cc1)CC[C@H]1O[C@]1(C)CC[C@H]1OC1(C)C. The van der Waals surface area contributed by atoms with E-state index >= 15 is 0 Å². The number of hydrogen-bond donors (Lipinski definition) is 0. The van der Waals surface area contributed by atoms with Gasteiger partial charge in [0.25, 0.3) is 0 Å². The molecule has 0 bridgehead atoms. The van der Waals surface area contributed by atoms with Crippen molar-refractivity contribution < 1.29 is 17.9 Å². The maximum atomic E-state index is 13.5. The monoisotopic (exact) mass is 516 g/mol. The second-order valence-electron chi connectivity index (χ2n) is 12.4. The summed E-state index contributed by atoms with van der Waals surface area (Å²) in [7, 11) is -4.80. The molecule has 3 rings (SSSR count). The molecule has 1 unspecified atom stereocenters. The van der Waals surface area contributed by atoms with E-state index < -0.39 is 23.2 Å². The standard InChI is InChI=1S/C29H44O4SSi/c1-22-12-15-24(16-13-22)34(30,31)25(11-9-10-20-35(6,7)8)21-23(2)14-17-27-29(5,33-27)19-18-26-28(3,4)32-26/h12-13,15-16,21,25-27H,11,14,17-20H2,1-8H3/b23-21+/t25?,26-,27-,29-/m1/s1. The molecule has 4 atom stereocenters. The zero-order valence-electron chi connectivity index (χ0n) is 22.9. The van der Waals surface area contributed by atoms with E-state index in [-0.39, 0.29) is 17.3 Å². The zero-order valence-corrected chi connectivity index (χ0v) is 24.7. The maximum absolute atomic E-state index is 13.5. The normalized spacial score (nSPS) is 26.6. The lowest BCUT2D eigenvalue weighted by molar-refractivity contribution is 0.274. The van der Waals surface area contributed by atoms with Crippen molar-refractivity contribution in [2.75, 3.05) is 0 Å². The molecule has 2 fully saturated rings. The smallest absolute Gasteiger partial charge is 0.185 e. The summed E-state index contributed by atoms with van der Waals surface area (Å²) in [6.07, 6.45) is 6.61. The van der Waals surface area contributed by atoms with Crippen LogP contribution >= 0.6 is 0 Å². The Bertz CT molecular complexity index is 1090. The van der Waals surface area contributed by atoms with Gasteiger partial charge in [0, 0.05) is 12.5 Å². The molecule has 0 radical (unpaired) electrons. The van der Waals surface area contributed by atoms with E-state index in [9.17, 15) is 8.42 Å². The Morgan fingerprint density at radius 3 is 2.26 bits per heavy atom. The molecule has 1 aromatic rings. The summed E-state index contributed by atoms with van der Waals surface area (Å²) in [6, 6.07) is 8.02. The number of hydrogen-bond acceptors (Lipinski definition) is 4. The van der Waals surface area contributed by atoms with Crippen LogP contribution < -0.4 is 0 Å². The largest absolute Gasteiger partial charge is 0.367 e. The van der Waals surface area contributed by atoms with E-state index in [2.05, 4.69) is 52.3 Å². The first-order valence-corrected chi connectivity index (χ1v) is 18.2. The van der Waals surface area contributed by atoms with Gasteiger partial charge in [-0.2, -0.15) is 0 Å². The van der Waals surface area contributed by atoms with Crippen LogP contribution in [-0.2, 0) is 19.3 Å². The second kappa shape index (κ2) is 10.5. The molecule has 2 heterocycles. The van der Waals surface area contributed by atoms with Gasteiger partial charge in [-0.25, -0.2) is 8.42 Å². The second-order valence-corrected chi connectivity index (χ2v) is 20.1. The Morgan fingerprint density at radius 2 is 1.69 bits per heavy atom. The molecule has 2 aliphatic rings. The maximum Gasteiger partial charge on any atom is 0.185 e. The van der Waals surface area contributed by atoms with Crippen molar-refractivity contribution in [2.24, 2.45) is 0 Å². The number of allylic oxidation sites excluding steroid dienone is 1. The van der Waals surface area contributed by atoms with Crippen molar-refractivity contribution in [3.05, 3.63) is 41.5 Å². The Kier molecular flexibility index (Phi) is 8.48. The molecule has 2 aliphatic heterocycles. The highest BCUT2D eigenvalue weighted by Gasteiger charge is 2.54. The number of aryl methyl sites for hydroxylation is 1. The van der Waals surface area contributed by atoms with Crippen LogP contribution in [-0.4, -0.2) is 45.2 Å². The van der Waals surface area contributed by atoms with Crippen LogP contribution in [0.4, 0.5) is 0 Å². The van der Waals surface area contributed by atoms with Crippen molar-refractivity contribution in [1.82, 2.24) is 0 Å². The van der Waals surface area contributed by atoms with Gasteiger partial charge in [-0.3, -0.25) is 0 Å². The van der Waals surface area contributed by atoms with Gasteiger partial charge >= 0.3 is 0 Å². The van der Waals surface area contributed by atoms with Crippen LogP contribution in [0.3, 0.4) is 0 Å². The lowest BCUT2D eigenvalue weighted by atomic mass is 9.94. The third-order valence-corrected chi connectivity index (χ3v) is 10.4. The molecule has 6 heteroatoms. The van der Waals surface area contributed by atoms with Crippen LogP contribution in [0, 0.1) is 18.8 Å². The van der Waals surface area contributed by atoms with Gasteiger partial charge in [0.1, 0.15) is 0 Å². The zero-order chi connectivity index (χ0) is 26.1. The van der Waals surface area contributed by atoms with E-state index in [1.165, 1.54) is 0 Å². The van der Waals surface area contributed by atoms with Gasteiger partial charge in [-0.15, -0.1) is 11.8 Å². The highest BCUT2D eigenvalue weighted by molar-refractivity contribution is 7.92. The minimum atomic E-state index is -3.51. The Morgan fingerprint density at radius 1 is 1.06 bits per heavy atom. The van der Waals surface area contributed by atoms with Gasteiger partial charge in [-0.1, -0.05) is 49.0 Å². The highest BCUT2D eigenvalue weighted by atomic mass is 32.2. The fourth-order valence-electron chi connectivity index (χ4n) is 4.45. The molecule has 4 nitrogen and oxygen atoms in total. The fraction of sp³-hybridized carbons (Fsp3) is 0.655. The predicted molar refractivity (Wildman–Crippen MR) is 147 cm³/mol. The third kappa shape index (κ3) is 8.05. The number of sulfone groups is 1. The van der Waals surface area contributed by atoms with Crippen LogP contribution in [0.25, 0.3) is 0 Å².